The number of nitrogens with two attached hydrogens (primary N) is 1. The third kappa shape index (κ3) is 3.78. The number of benzene rings is 1. The minimum atomic E-state index is -2.66. The van der Waals surface area contributed by atoms with Crippen LogP contribution in [0.15, 0.2) is 28.7 Å². The average molecular weight is 556 g/mol. The van der Waals surface area contributed by atoms with E-state index in [1.807, 2.05) is 0 Å². The predicted molar refractivity (Wildman–Crippen MR) is 144 cm³/mol. The van der Waals surface area contributed by atoms with Crippen LogP contribution in [-0.2, 0) is 22.6 Å². The number of likely N-dealkylation sites (N-methyl/N-ethyl adjacent to an activating group) is 1. The van der Waals surface area contributed by atoms with Gasteiger partial charge in [-0.3, -0.25) is 24.2 Å². The molecule has 40 heavy (non-hydrogen) atoms. The van der Waals surface area contributed by atoms with Gasteiger partial charge in [0.1, 0.15) is 28.6 Å². The van der Waals surface area contributed by atoms with Crippen molar-refractivity contribution in [2.24, 2.45) is 17.6 Å². The normalized spacial score (nSPS) is 32.3. The third-order valence-corrected chi connectivity index (χ3v) is 9.44. The Morgan fingerprint density at radius 1 is 1.18 bits per heavy atom. The van der Waals surface area contributed by atoms with E-state index < -0.39 is 58.0 Å². The zero-order valence-electron chi connectivity index (χ0n) is 23.4. The van der Waals surface area contributed by atoms with Crippen molar-refractivity contribution in [1.29, 1.82) is 0 Å². The van der Waals surface area contributed by atoms with Crippen molar-refractivity contribution in [2.75, 3.05) is 21.2 Å². The number of aromatic hydroxyl groups is 1. The number of rotatable bonds is 5. The molecule has 1 aliphatic heterocycles. The van der Waals surface area contributed by atoms with Crippen molar-refractivity contribution in [1.82, 2.24) is 9.80 Å². The lowest BCUT2D eigenvalue weighted by atomic mass is 9.58. The van der Waals surface area contributed by atoms with E-state index in [0.29, 0.717) is 29.9 Å². The summed E-state index contributed by atoms with van der Waals surface area (Å²) in [6.07, 6.45) is 2.33. The van der Waals surface area contributed by atoms with Gasteiger partial charge in [-0.25, -0.2) is 0 Å². The number of fused-ring (bicyclic) bond motifs is 3. The molecule has 0 saturated carbocycles. The van der Waals surface area contributed by atoms with Gasteiger partial charge in [-0.1, -0.05) is 0 Å². The number of ether oxygens (including phenoxy) is 1. The maximum absolute atomic E-state index is 13.9. The van der Waals surface area contributed by atoms with Crippen molar-refractivity contribution in [3.63, 3.8) is 0 Å². The van der Waals surface area contributed by atoms with Gasteiger partial charge in [0.2, 0.25) is 5.78 Å². The molecule has 1 amide bonds. The van der Waals surface area contributed by atoms with E-state index >= 15 is 0 Å². The highest BCUT2D eigenvalue weighted by Gasteiger charge is 2.63. The number of hydrogen-bond acceptors (Lipinski definition) is 10. The fourth-order valence-corrected chi connectivity index (χ4v) is 7.49. The first kappa shape index (κ1) is 28.1. The summed E-state index contributed by atoms with van der Waals surface area (Å²) in [4.78, 5) is 43.3. The fraction of sp³-hybridized carbons (Fsp3) is 0.552. The lowest BCUT2D eigenvalue weighted by Crippen LogP contribution is -2.63. The quantitative estimate of drug-likeness (QED) is 0.335. The summed E-state index contributed by atoms with van der Waals surface area (Å²) >= 11 is 0. The monoisotopic (exact) mass is 555 g/mol. The number of phenols is 1. The first-order valence-corrected chi connectivity index (χ1v) is 13.6. The van der Waals surface area contributed by atoms with Crippen LogP contribution >= 0.6 is 0 Å². The Labute approximate surface area is 232 Å². The number of Topliss-reactive ketones (excluding diaryl/α,β-unsaturated/α-hetero) is 2. The predicted octanol–water partition coefficient (Wildman–Crippen LogP) is 1.50. The Morgan fingerprint density at radius 3 is 2.35 bits per heavy atom. The highest BCUT2D eigenvalue weighted by molar-refractivity contribution is 6.24. The molecule has 1 aromatic rings. The molecule has 3 aliphatic carbocycles. The summed E-state index contributed by atoms with van der Waals surface area (Å²) in [6, 6.07) is 1.16. The molecule has 4 aliphatic rings. The van der Waals surface area contributed by atoms with E-state index in [9.17, 15) is 34.8 Å². The van der Waals surface area contributed by atoms with Crippen molar-refractivity contribution < 1.29 is 39.5 Å². The SMILES string of the molecule is COc1c(CN2[C@H](C)CC[C@H]2C)cc(O)c2c1C[C@H]1C[C@H]3[C@H](N(C)C)C(O)=C(C(N)=O)C(=O)[C@@]3(O)C(O)=C1C2=O. The second-order valence-corrected chi connectivity index (χ2v) is 11.9. The molecule has 0 spiro atoms. The Kier molecular flexibility index (Phi) is 6.75. The van der Waals surface area contributed by atoms with Crippen LogP contribution in [0.5, 0.6) is 11.5 Å². The molecule has 0 bridgehead atoms. The van der Waals surface area contributed by atoms with E-state index in [0.717, 1.165) is 18.4 Å². The number of aliphatic hydroxyl groups is 3. The number of hydrogen-bond donors (Lipinski definition) is 5. The molecule has 1 aromatic carbocycles. The largest absolute Gasteiger partial charge is 0.510 e. The van der Waals surface area contributed by atoms with Gasteiger partial charge in [0.25, 0.3) is 5.91 Å². The van der Waals surface area contributed by atoms with Gasteiger partial charge in [0.15, 0.2) is 11.4 Å². The van der Waals surface area contributed by atoms with Gasteiger partial charge in [-0.15, -0.1) is 0 Å². The molecule has 216 valence electrons. The third-order valence-electron chi connectivity index (χ3n) is 9.44. The van der Waals surface area contributed by atoms with E-state index in [1.54, 1.807) is 14.1 Å². The number of carbonyl (C=O) groups is 3. The first-order valence-electron chi connectivity index (χ1n) is 13.6. The number of amides is 1. The smallest absolute Gasteiger partial charge is 0.255 e. The van der Waals surface area contributed by atoms with Gasteiger partial charge >= 0.3 is 0 Å². The van der Waals surface area contributed by atoms with Gasteiger partial charge in [0.05, 0.1) is 18.7 Å². The maximum Gasteiger partial charge on any atom is 0.255 e. The Balaban J connectivity index is 1.65. The van der Waals surface area contributed by atoms with Crippen LogP contribution in [0.2, 0.25) is 0 Å². The second-order valence-electron chi connectivity index (χ2n) is 11.9. The molecule has 11 nitrogen and oxygen atoms in total. The maximum atomic E-state index is 13.9. The van der Waals surface area contributed by atoms with Crippen LogP contribution in [-0.4, -0.2) is 92.6 Å². The number of ketones is 2. The minimum Gasteiger partial charge on any atom is -0.510 e. The topological polar surface area (TPSA) is 174 Å². The molecule has 6 N–H and O–H groups in total. The molecular formula is C29H37N3O8. The highest BCUT2D eigenvalue weighted by Crippen LogP contribution is 2.53. The summed E-state index contributed by atoms with van der Waals surface area (Å²) in [5.74, 6) is -6.24. The Hall–Kier alpha value is -3.41. The van der Waals surface area contributed by atoms with Gasteiger partial charge in [0, 0.05) is 41.2 Å². The molecule has 6 atom stereocenters. The molecular weight excluding hydrogens is 518 g/mol. The fourth-order valence-electron chi connectivity index (χ4n) is 7.49. The van der Waals surface area contributed by atoms with Crippen LogP contribution in [0.25, 0.3) is 0 Å². The Morgan fingerprint density at radius 2 is 1.80 bits per heavy atom. The van der Waals surface area contributed by atoms with E-state index in [-0.39, 0.29) is 29.7 Å². The van der Waals surface area contributed by atoms with Gasteiger partial charge < -0.3 is 30.9 Å². The van der Waals surface area contributed by atoms with E-state index in [2.05, 4.69) is 18.7 Å². The molecule has 0 aromatic heterocycles. The van der Waals surface area contributed by atoms with Gasteiger partial charge in [-0.05, 0) is 65.6 Å². The molecule has 1 saturated heterocycles. The first-order chi connectivity index (χ1) is 18.7. The number of allylic oxidation sites excluding steroid dienone is 1. The van der Waals surface area contributed by atoms with Crippen LogP contribution in [0.1, 0.15) is 54.6 Å². The average Bonchev–Trinajstić information content (AvgIpc) is 3.18. The van der Waals surface area contributed by atoms with E-state index in [1.165, 1.54) is 18.1 Å². The summed E-state index contributed by atoms with van der Waals surface area (Å²) in [7, 11) is 4.71. The minimum absolute atomic E-state index is 0.0279. The summed E-state index contributed by atoms with van der Waals surface area (Å²) in [6.45, 7) is 4.83. The van der Waals surface area contributed by atoms with Crippen molar-refractivity contribution >= 4 is 17.5 Å². The molecule has 0 unspecified atom stereocenters. The molecule has 1 heterocycles. The standard InChI is InChI=1S/C29H37N3O8/c1-12-6-7-13(2)32(12)11-15-10-18(33)20-16(25(15)40-5)8-14-9-17-22(31(3)4)24(35)21(28(30)38)27(37)29(17,39)26(36)19(14)23(20)34/h10,12-14,17,22,33,35-36,39H,6-9,11H2,1-5H3,(H2,30,38)/t12-,13-,14+,17+,22+,29+/m1/s1. The van der Waals surface area contributed by atoms with E-state index in [4.69, 9.17) is 10.5 Å². The summed E-state index contributed by atoms with van der Waals surface area (Å²) in [5.41, 5.74) is 2.89. The van der Waals surface area contributed by atoms with Crippen LogP contribution in [0, 0.1) is 11.8 Å². The Bertz CT molecular complexity index is 1370. The zero-order valence-corrected chi connectivity index (χ0v) is 23.4. The number of aliphatic hydroxyl groups excluding tert-OH is 2. The van der Waals surface area contributed by atoms with Crippen molar-refractivity contribution in [2.45, 2.75) is 69.8 Å². The number of nitrogens with zero attached hydrogens (tertiary/aromatic N) is 2. The molecule has 11 heteroatoms. The second kappa shape index (κ2) is 9.60. The van der Waals surface area contributed by atoms with Crippen LogP contribution in [0.4, 0.5) is 0 Å². The lowest BCUT2D eigenvalue weighted by molar-refractivity contribution is -0.148. The summed E-state index contributed by atoms with van der Waals surface area (Å²) in [5, 5.41) is 45.1. The van der Waals surface area contributed by atoms with Gasteiger partial charge in [-0.2, -0.15) is 0 Å². The number of phenolic OH excluding ortho intramolecular Hbond substituents is 1. The van der Waals surface area contributed by atoms with Crippen molar-refractivity contribution in [3.05, 3.63) is 45.4 Å². The molecule has 5 rings (SSSR count). The highest BCUT2D eigenvalue weighted by atomic mass is 16.5. The molecule has 1 fully saturated rings. The number of likely N-dealkylation sites (tertiary alicyclic amines) is 1. The number of primary amides is 1. The lowest BCUT2D eigenvalue weighted by Gasteiger charge is -2.50. The zero-order chi connectivity index (χ0) is 29.4. The number of methoxy groups -OCH3 is 1. The van der Waals surface area contributed by atoms with Crippen LogP contribution < -0.4 is 10.5 Å². The summed E-state index contributed by atoms with van der Waals surface area (Å²) < 4.78 is 5.82. The van der Waals surface area contributed by atoms with Crippen LogP contribution in [0.3, 0.4) is 0 Å². The molecule has 0 radical (unpaired) electrons. The number of carbonyl (C=O) groups excluding carboxylic acids is 3. The van der Waals surface area contributed by atoms with Crippen molar-refractivity contribution in [3.8, 4) is 11.5 Å².